The average molecular weight is 233 g/mol. The Balaban J connectivity index is 2.10. The monoisotopic (exact) mass is 233 g/mol. The van der Waals surface area contributed by atoms with Gasteiger partial charge in [0, 0.05) is 17.3 Å². The van der Waals surface area contributed by atoms with Crippen molar-refractivity contribution in [3.63, 3.8) is 0 Å². The van der Waals surface area contributed by atoms with Gasteiger partial charge in [0.1, 0.15) is 5.75 Å². The Kier molecular flexibility index (Phi) is 3.60. The first-order valence-electron chi connectivity index (χ1n) is 6.65. The van der Waals surface area contributed by atoms with E-state index in [2.05, 4.69) is 18.3 Å². The summed E-state index contributed by atoms with van der Waals surface area (Å²) in [5.41, 5.74) is 2.99. The third-order valence-corrected chi connectivity index (χ3v) is 4.12. The molecule has 1 atom stereocenters. The molecule has 0 spiro atoms. The van der Waals surface area contributed by atoms with E-state index < -0.39 is 0 Å². The minimum atomic E-state index is 0.425. The number of hydrogen-bond donors (Lipinski definition) is 2. The van der Waals surface area contributed by atoms with Gasteiger partial charge < -0.3 is 10.4 Å². The predicted molar refractivity (Wildman–Crippen MR) is 72.6 cm³/mol. The van der Waals surface area contributed by atoms with Gasteiger partial charge in [0.25, 0.3) is 0 Å². The summed E-state index contributed by atoms with van der Waals surface area (Å²) in [5.74, 6) is 1.21. The number of nitrogens with one attached hydrogen (secondary N) is 1. The number of phenols is 1. The minimum Gasteiger partial charge on any atom is -0.507 e. The number of aryl methyl sites for hydroxylation is 1. The van der Waals surface area contributed by atoms with Gasteiger partial charge in [-0.3, -0.25) is 0 Å². The van der Waals surface area contributed by atoms with E-state index in [9.17, 15) is 5.11 Å². The van der Waals surface area contributed by atoms with Crippen LogP contribution in [0.15, 0.2) is 12.1 Å². The lowest BCUT2D eigenvalue weighted by Gasteiger charge is -2.23. The van der Waals surface area contributed by atoms with Crippen molar-refractivity contribution in [2.45, 2.75) is 52.5 Å². The molecule has 2 N–H and O–H groups in total. The van der Waals surface area contributed by atoms with Crippen LogP contribution in [0.3, 0.4) is 0 Å². The Morgan fingerprint density at radius 2 is 1.88 bits per heavy atom. The molecule has 0 heterocycles. The quantitative estimate of drug-likeness (QED) is 0.827. The van der Waals surface area contributed by atoms with Crippen LogP contribution in [0.4, 0.5) is 5.69 Å². The zero-order valence-corrected chi connectivity index (χ0v) is 11.1. The Morgan fingerprint density at radius 3 is 2.53 bits per heavy atom. The zero-order valence-electron chi connectivity index (χ0n) is 11.1. The topological polar surface area (TPSA) is 32.3 Å². The SMILES string of the molecule is Cc1ccc(NC(C)C2CCCC2)c(C)c1O. The fourth-order valence-electron chi connectivity index (χ4n) is 2.81. The molecule has 1 aromatic rings. The van der Waals surface area contributed by atoms with Crippen LogP contribution in [-0.4, -0.2) is 11.1 Å². The van der Waals surface area contributed by atoms with Crippen LogP contribution < -0.4 is 5.32 Å². The number of anilines is 1. The highest BCUT2D eigenvalue weighted by Crippen LogP contribution is 2.32. The summed E-state index contributed by atoms with van der Waals surface area (Å²) < 4.78 is 0. The van der Waals surface area contributed by atoms with Crippen molar-refractivity contribution >= 4 is 5.69 Å². The summed E-state index contributed by atoms with van der Waals surface area (Å²) >= 11 is 0. The van der Waals surface area contributed by atoms with Crippen LogP contribution in [0.5, 0.6) is 5.75 Å². The molecule has 94 valence electrons. The molecule has 0 amide bonds. The number of rotatable bonds is 3. The smallest absolute Gasteiger partial charge is 0.123 e. The number of phenolic OH excluding ortho intramolecular Hbond substituents is 1. The number of aromatic hydroxyl groups is 1. The molecular weight excluding hydrogens is 210 g/mol. The molecule has 0 aromatic heterocycles. The molecule has 1 aliphatic rings. The van der Waals surface area contributed by atoms with Crippen molar-refractivity contribution < 1.29 is 5.11 Å². The van der Waals surface area contributed by atoms with E-state index in [4.69, 9.17) is 0 Å². The van der Waals surface area contributed by atoms with Crippen molar-refractivity contribution in [2.24, 2.45) is 5.92 Å². The molecule has 0 radical (unpaired) electrons. The molecule has 1 unspecified atom stereocenters. The lowest BCUT2D eigenvalue weighted by Crippen LogP contribution is -2.24. The van der Waals surface area contributed by atoms with Crippen LogP contribution in [0, 0.1) is 19.8 Å². The van der Waals surface area contributed by atoms with E-state index >= 15 is 0 Å². The van der Waals surface area contributed by atoms with Gasteiger partial charge in [0.2, 0.25) is 0 Å². The van der Waals surface area contributed by atoms with Gasteiger partial charge in [-0.25, -0.2) is 0 Å². The van der Waals surface area contributed by atoms with Gasteiger partial charge in [-0.05, 0) is 51.2 Å². The second kappa shape index (κ2) is 4.99. The molecule has 0 saturated heterocycles. The Hall–Kier alpha value is -1.18. The lowest BCUT2D eigenvalue weighted by molar-refractivity contribution is 0.465. The maximum absolute atomic E-state index is 9.93. The Morgan fingerprint density at radius 1 is 1.24 bits per heavy atom. The summed E-state index contributed by atoms with van der Waals surface area (Å²) in [6, 6.07) is 4.56. The largest absolute Gasteiger partial charge is 0.507 e. The van der Waals surface area contributed by atoms with Gasteiger partial charge in [-0.2, -0.15) is 0 Å². The van der Waals surface area contributed by atoms with Gasteiger partial charge >= 0.3 is 0 Å². The maximum Gasteiger partial charge on any atom is 0.123 e. The van der Waals surface area contributed by atoms with Crippen molar-refractivity contribution in [2.75, 3.05) is 5.32 Å². The molecule has 0 bridgehead atoms. The first-order valence-corrected chi connectivity index (χ1v) is 6.65. The second-order valence-electron chi connectivity index (χ2n) is 5.38. The molecule has 1 aromatic carbocycles. The second-order valence-corrected chi connectivity index (χ2v) is 5.38. The van der Waals surface area contributed by atoms with E-state index in [1.165, 1.54) is 25.7 Å². The highest BCUT2D eigenvalue weighted by molar-refractivity contribution is 5.59. The highest BCUT2D eigenvalue weighted by Gasteiger charge is 2.21. The molecule has 1 fully saturated rings. The van der Waals surface area contributed by atoms with Crippen molar-refractivity contribution in [1.29, 1.82) is 0 Å². The summed E-state index contributed by atoms with van der Waals surface area (Å²) in [4.78, 5) is 0. The maximum atomic E-state index is 9.93. The number of benzene rings is 1. The summed E-state index contributed by atoms with van der Waals surface area (Å²) in [5, 5.41) is 13.5. The van der Waals surface area contributed by atoms with Crippen molar-refractivity contribution in [3.8, 4) is 5.75 Å². The van der Waals surface area contributed by atoms with Gasteiger partial charge in [0.05, 0.1) is 0 Å². The van der Waals surface area contributed by atoms with E-state index in [0.717, 1.165) is 22.7 Å². The Bertz CT molecular complexity index is 394. The molecule has 17 heavy (non-hydrogen) atoms. The van der Waals surface area contributed by atoms with Crippen LogP contribution in [-0.2, 0) is 0 Å². The van der Waals surface area contributed by atoms with Crippen LogP contribution >= 0.6 is 0 Å². The summed E-state index contributed by atoms with van der Waals surface area (Å²) in [7, 11) is 0. The minimum absolute atomic E-state index is 0.425. The highest BCUT2D eigenvalue weighted by atomic mass is 16.3. The third-order valence-electron chi connectivity index (χ3n) is 4.12. The third kappa shape index (κ3) is 2.56. The van der Waals surface area contributed by atoms with Crippen molar-refractivity contribution in [1.82, 2.24) is 0 Å². The Labute approximate surface area is 104 Å². The summed E-state index contributed by atoms with van der Waals surface area (Å²) in [6.07, 6.45) is 5.42. The van der Waals surface area contributed by atoms with Gasteiger partial charge in [-0.15, -0.1) is 0 Å². The van der Waals surface area contributed by atoms with Crippen LogP contribution in [0.1, 0.15) is 43.7 Å². The van der Waals surface area contributed by atoms with E-state index in [0.29, 0.717) is 11.8 Å². The fourth-order valence-corrected chi connectivity index (χ4v) is 2.81. The van der Waals surface area contributed by atoms with E-state index in [-0.39, 0.29) is 0 Å². The predicted octanol–water partition coefficient (Wildman–Crippen LogP) is 4.00. The first kappa shape index (κ1) is 12.3. The number of hydrogen-bond acceptors (Lipinski definition) is 2. The molecule has 1 saturated carbocycles. The average Bonchev–Trinajstić information content (AvgIpc) is 2.83. The van der Waals surface area contributed by atoms with Gasteiger partial charge in [0.15, 0.2) is 0 Å². The molecular formula is C15H23NO. The van der Waals surface area contributed by atoms with Gasteiger partial charge in [-0.1, -0.05) is 18.9 Å². The first-order chi connectivity index (χ1) is 8.09. The molecule has 1 aliphatic carbocycles. The molecule has 2 rings (SSSR count). The normalized spacial score (nSPS) is 18.3. The van der Waals surface area contributed by atoms with Crippen molar-refractivity contribution in [3.05, 3.63) is 23.3 Å². The zero-order chi connectivity index (χ0) is 12.4. The molecule has 2 heteroatoms. The van der Waals surface area contributed by atoms with Crippen LogP contribution in [0.2, 0.25) is 0 Å². The van der Waals surface area contributed by atoms with E-state index in [1.54, 1.807) is 0 Å². The molecule has 0 aliphatic heterocycles. The summed E-state index contributed by atoms with van der Waals surface area (Å²) in [6.45, 7) is 6.17. The fraction of sp³-hybridized carbons (Fsp3) is 0.600. The van der Waals surface area contributed by atoms with E-state index in [1.807, 2.05) is 19.9 Å². The molecule has 2 nitrogen and oxygen atoms in total. The standard InChI is InChI=1S/C15H23NO/c1-10-8-9-14(11(2)15(10)17)16-12(3)13-6-4-5-7-13/h8-9,12-13,16-17H,4-7H2,1-3H3. The van der Waals surface area contributed by atoms with Crippen LogP contribution in [0.25, 0.3) is 0 Å². The lowest BCUT2D eigenvalue weighted by atomic mass is 9.98.